The highest BCUT2D eigenvalue weighted by Crippen LogP contribution is 2.28. The van der Waals surface area contributed by atoms with Crippen molar-refractivity contribution in [3.63, 3.8) is 0 Å². The quantitative estimate of drug-likeness (QED) is 0.107. The van der Waals surface area contributed by atoms with Gasteiger partial charge in [0, 0.05) is 32.2 Å². The normalized spacial score (nSPS) is 26.6. The molecule has 2 aliphatic heterocycles. The summed E-state index contributed by atoms with van der Waals surface area (Å²) in [6.45, 7) is 15.3. The number of aliphatic hydroxyl groups excluding tert-OH is 1. The van der Waals surface area contributed by atoms with Crippen molar-refractivity contribution in [3.8, 4) is 5.75 Å². The highest BCUT2D eigenvalue weighted by atomic mass is 16.5. The third kappa shape index (κ3) is 15.1. The van der Waals surface area contributed by atoms with Gasteiger partial charge in [0.15, 0.2) is 0 Å². The summed E-state index contributed by atoms with van der Waals surface area (Å²) >= 11 is 0. The van der Waals surface area contributed by atoms with E-state index in [0.717, 1.165) is 4.90 Å². The zero-order chi connectivity index (χ0) is 50.4. The Balaban J connectivity index is 2.27. The van der Waals surface area contributed by atoms with E-state index in [9.17, 15) is 53.4 Å². The SMILES string of the molecule is CCC(C)C(=O)N[C@@H](CCC(N)=O)C(=O)NC1C(=O)N[C@@H](CC(C)C)C(=O)NC2CCC(=O)N([C@@H](C(C)CC)C(=O)N(C)[C@@H](Cc3ccc(O)cc3)C(=O)N[C@@H](C(C)CC)C(=O)O[C@@H]1C)[C@H]2O. The number of fused-ring (bicyclic) bond motifs is 2. The Kier molecular flexibility index (Phi) is 21.0. The van der Waals surface area contributed by atoms with Gasteiger partial charge in [0.1, 0.15) is 54.3 Å². The molecule has 1 aromatic rings. The largest absolute Gasteiger partial charge is 0.508 e. The smallest absolute Gasteiger partial charge is 0.329 e. The number of amides is 8. The minimum Gasteiger partial charge on any atom is -0.508 e. The molecule has 0 aromatic heterocycles. The lowest BCUT2D eigenvalue weighted by Crippen LogP contribution is -2.66. The molecule has 3 rings (SSSR count). The molecule has 1 aromatic carbocycles. The van der Waals surface area contributed by atoms with E-state index < -0.39 is 126 Å². The zero-order valence-electron chi connectivity index (χ0n) is 40.6. The Morgan fingerprint density at radius 1 is 0.866 bits per heavy atom. The molecule has 9 N–H and O–H groups in total. The number of nitrogens with zero attached hydrogens (tertiary/aromatic N) is 2. The number of cyclic esters (lactones) is 1. The van der Waals surface area contributed by atoms with Gasteiger partial charge in [0.25, 0.3) is 0 Å². The fourth-order valence-corrected chi connectivity index (χ4v) is 8.04. The topological polar surface area (TPSA) is 296 Å². The van der Waals surface area contributed by atoms with Crippen LogP contribution in [0.1, 0.15) is 119 Å². The molecule has 374 valence electrons. The van der Waals surface area contributed by atoms with Crippen LogP contribution in [0.3, 0.4) is 0 Å². The standard InChI is InChI=1S/C47H74N8O12/c1-11-25(6)37-47(66)67-28(9)38(53-41(60)31(18-20-35(48)57)49-40(59)27(8)13-3)44(63)51-33(22-24(4)5)42(61)50-32-19-21-36(58)55(45(32)64)39(26(7)12-2)46(65)54(10)34(43(62)52-37)23-29-14-16-30(56)17-15-29/h14-17,24-28,31-34,37-39,45,56,64H,11-13,18-23H2,1-10H3,(H2,48,57)(H,49,59)(H,50,61)(H,51,63)(H,52,62)(H,53,60)/t25?,26?,27?,28-,31+,32?,33+,34+,37+,38?,39+,45+/m1/s1. The first-order valence-electron chi connectivity index (χ1n) is 23.5. The second-order valence-electron chi connectivity index (χ2n) is 18.6. The average molecular weight is 943 g/mol. The molecule has 67 heavy (non-hydrogen) atoms. The van der Waals surface area contributed by atoms with Crippen molar-refractivity contribution in [1.29, 1.82) is 0 Å². The number of nitrogens with one attached hydrogen (secondary N) is 5. The Hall–Kier alpha value is -5.79. The van der Waals surface area contributed by atoms with E-state index in [2.05, 4.69) is 26.6 Å². The summed E-state index contributed by atoms with van der Waals surface area (Å²) in [7, 11) is 1.38. The molecule has 20 nitrogen and oxygen atoms in total. The van der Waals surface area contributed by atoms with Crippen molar-refractivity contribution >= 4 is 53.2 Å². The molecule has 8 amide bonds. The molecule has 12 atom stereocenters. The van der Waals surface area contributed by atoms with Gasteiger partial charge in [-0.25, -0.2) is 4.79 Å². The lowest BCUT2D eigenvalue weighted by Gasteiger charge is -2.45. The van der Waals surface area contributed by atoms with Gasteiger partial charge in [-0.15, -0.1) is 0 Å². The van der Waals surface area contributed by atoms with Crippen LogP contribution in [0.2, 0.25) is 0 Å². The number of nitrogens with two attached hydrogens (primary N) is 1. The number of rotatable bonds is 16. The van der Waals surface area contributed by atoms with E-state index >= 15 is 0 Å². The molecule has 20 heteroatoms. The van der Waals surface area contributed by atoms with Gasteiger partial charge < -0.3 is 57.1 Å². The molecule has 2 aliphatic rings. The molecule has 2 saturated heterocycles. The average Bonchev–Trinajstić information content (AvgIpc) is 3.28. The Morgan fingerprint density at radius 2 is 1.49 bits per heavy atom. The highest BCUT2D eigenvalue weighted by molar-refractivity contribution is 5.97. The van der Waals surface area contributed by atoms with Gasteiger partial charge in [-0.1, -0.05) is 80.4 Å². The first-order chi connectivity index (χ1) is 31.4. The van der Waals surface area contributed by atoms with Gasteiger partial charge in [0.05, 0.1) is 6.04 Å². The number of esters is 1. The summed E-state index contributed by atoms with van der Waals surface area (Å²) in [4.78, 5) is 128. The van der Waals surface area contributed by atoms with Crippen LogP contribution in [0, 0.1) is 23.7 Å². The number of likely N-dealkylation sites (N-methyl/N-ethyl adjacent to an activating group) is 1. The number of hydrogen-bond donors (Lipinski definition) is 8. The van der Waals surface area contributed by atoms with Crippen LogP contribution in [-0.4, -0.2) is 135 Å². The third-order valence-corrected chi connectivity index (χ3v) is 13.0. The van der Waals surface area contributed by atoms with Gasteiger partial charge >= 0.3 is 5.97 Å². The van der Waals surface area contributed by atoms with Gasteiger partial charge in [-0.3, -0.25) is 38.4 Å². The van der Waals surface area contributed by atoms with Crippen LogP contribution >= 0.6 is 0 Å². The zero-order valence-corrected chi connectivity index (χ0v) is 40.6. The van der Waals surface area contributed by atoms with Crippen LogP contribution in [-0.2, 0) is 54.3 Å². The number of phenolic OH excluding ortho intramolecular Hbond substituents is 1. The van der Waals surface area contributed by atoms with E-state index in [1.165, 1.54) is 31.0 Å². The van der Waals surface area contributed by atoms with E-state index in [1.54, 1.807) is 67.5 Å². The summed E-state index contributed by atoms with van der Waals surface area (Å²) in [5.74, 6) is -8.91. The van der Waals surface area contributed by atoms with Crippen molar-refractivity contribution in [1.82, 2.24) is 36.4 Å². The maximum absolute atomic E-state index is 14.9. The number of primary amides is 1. The van der Waals surface area contributed by atoms with Crippen LogP contribution < -0.4 is 32.3 Å². The number of carbonyl (C=O) groups excluding carboxylic acids is 9. The minimum atomic E-state index is -1.73. The molecule has 5 unspecified atom stereocenters. The van der Waals surface area contributed by atoms with Gasteiger partial charge in [-0.2, -0.15) is 0 Å². The second kappa shape index (κ2) is 25.4. The number of phenols is 1. The molecule has 0 radical (unpaired) electrons. The monoisotopic (exact) mass is 943 g/mol. The summed E-state index contributed by atoms with van der Waals surface area (Å²) in [5, 5.41) is 35.4. The van der Waals surface area contributed by atoms with Crippen LogP contribution in [0.4, 0.5) is 0 Å². The fraction of sp³-hybridized carbons (Fsp3) is 0.681. The molecule has 2 bridgehead atoms. The minimum absolute atomic E-state index is 0.0224. The summed E-state index contributed by atoms with van der Waals surface area (Å²) < 4.78 is 5.93. The van der Waals surface area contributed by atoms with Crippen LogP contribution in [0.5, 0.6) is 5.75 Å². The van der Waals surface area contributed by atoms with E-state index in [4.69, 9.17) is 10.5 Å². The Morgan fingerprint density at radius 3 is 2.06 bits per heavy atom. The Labute approximate surface area is 393 Å². The molecule has 0 saturated carbocycles. The van der Waals surface area contributed by atoms with Crippen molar-refractivity contribution in [3.05, 3.63) is 29.8 Å². The maximum Gasteiger partial charge on any atom is 0.329 e. The number of benzene rings is 1. The molecular formula is C47H74N8O12. The number of carbonyl (C=O) groups is 9. The summed E-state index contributed by atoms with van der Waals surface area (Å²) in [5.41, 5.74) is 5.93. The fourth-order valence-electron chi connectivity index (χ4n) is 8.04. The number of aromatic hydroxyl groups is 1. The molecule has 2 heterocycles. The second-order valence-corrected chi connectivity index (χ2v) is 18.6. The van der Waals surface area contributed by atoms with Crippen LogP contribution in [0.15, 0.2) is 24.3 Å². The molecule has 0 aliphatic carbocycles. The van der Waals surface area contributed by atoms with Crippen molar-refractivity contribution in [2.24, 2.45) is 29.4 Å². The van der Waals surface area contributed by atoms with Crippen molar-refractivity contribution in [2.45, 2.75) is 175 Å². The maximum atomic E-state index is 14.9. The predicted octanol–water partition coefficient (Wildman–Crippen LogP) is 0.890. The van der Waals surface area contributed by atoms with Gasteiger partial charge in [-0.05, 0) is 68.1 Å². The van der Waals surface area contributed by atoms with Crippen LogP contribution in [0.25, 0.3) is 0 Å². The number of hydrogen-bond acceptors (Lipinski definition) is 12. The number of aliphatic hydroxyl groups is 1. The lowest BCUT2D eigenvalue weighted by atomic mass is 9.91. The predicted molar refractivity (Wildman–Crippen MR) is 246 cm³/mol. The number of piperidine rings is 1. The number of ether oxygens (including phenoxy) is 1. The molecule has 0 spiro atoms. The molecule has 2 fully saturated rings. The Bertz CT molecular complexity index is 1930. The van der Waals surface area contributed by atoms with Gasteiger partial charge in [0.2, 0.25) is 47.3 Å². The van der Waals surface area contributed by atoms with Crippen molar-refractivity contribution in [2.75, 3.05) is 7.05 Å². The first-order valence-corrected chi connectivity index (χ1v) is 23.5. The summed E-state index contributed by atoms with van der Waals surface area (Å²) in [6, 6.07) is -3.62. The first kappa shape index (κ1) is 55.5. The van der Waals surface area contributed by atoms with E-state index in [1.807, 2.05) is 0 Å². The lowest BCUT2D eigenvalue weighted by molar-refractivity contribution is -0.169. The summed E-state index contributed by atoms with van der Waals surface area (Å²) in [6.07, 6.45) is -2.91. The van der Waals surface area contributed by atoms with E-state index in [0.29, 0.717) is 24.8 Å². The van der Waals surface area contributed by atoms with Crippen molar-refractivity contribution < 1.29 is 58.1 Å². The molecular weight excluding hydrogens is 869 g/mol. The highest BCUT2D eigenvalue weighted by Gasteiger charge is 2.47. The third-order valence-electron chi connectivity index (χ3n) is 13.0. The van der Waals surface area contributed by atoms with E-state index in [-0.39, 0.29) is 50.2 Å².